The molecule has 11 heavy (non-hydrogen) atoms. The van der Waals surface area contributed by atoms with Crippen LogP contribution >= 0.6 is 32.9 Å². The van der Waals surface area contributed by atoms with Gasteiger partial charge in [0.1, 0.15) is 5.78 Å². The number of ketones is 1. The molecule has 0 saturated carbocycles. The molecule has 1 saturated heterocycles. The van der Waals surface area contributed by atoms with Gasteiger partial charge in [0.05, 0.1) is 4.83 Å². The zero-order valence-corrected chi connectivity index (χ0v) is 9.77. The van der Waals surface area contributed by atoms with Crippen LogP contribution < -0.4 is 5.32 Å². The Morgan fingerprint density at radius 3 is 2.91 bits per heavy atom. The van der Waals surface area contributed by atoms with E-state index in [4.69, 9.17) is 0 Å². The van der Waals surface area contributed by atoms with E-state index in [0.717, 1.165) is 13.0 Å². The van der Waals surface area contributed by atoms with Crippen molar-refractivity contribution in [2.24, 2.45) is 0 Å². The van der Waals surface area contributed by atoms with Crippen LogP contribution in [0.25, 0.3) is 0 Å². The van der Waals surface area contributed by atoms with Crippen LogP contribution in [0.2, 0.25) is 0 Å². The SMILES string of the molecule is Br.CC1CC(Br)C(=O)CCN1. The van der Waals surface area contributed by atoms with Gasteiger partial charge in [0.25, 0.3) is 0 Å². The molecule has 0 radical (unpaired) electrons. The van der Waals surface area contributed by atoms with E-state index in [-0.39, 0.29) is 21.8 Å². The van der Waals surface area contributed by atoms with Gasteiger partial charge < -0.3 is 5.32 Å². The number of halogens is 2. The Morgan fingerprint density at radius 2 is 2.27 bits per heavy atom. The minimum Gasteiger partial charge on any atom is -0.314 e. The highest BCUT2D eigenvalue weighted by molar-refractivity contribution is 9.10. The summed E-state index contributed by atoms with van der Waals surface area (Å²) in [6.07, 6.45) is 1.58. The van der Waals surface area contributed by atoms with Crippen LogP contribution in [0.3, 0.4) is 0 Å². The number of carbonyl (C=O) groups is 1. The van der Waals surface area contributed by atoms with Crippen molar-refractivity contribution in [2.45, 2.75) is 30.6 Å². The van der Waals surface area contributed by atoms with Crippen LogP contribution in [-0.2, 0) is 4.79 Å². The second-order valence-electron chi connectivity index (χ2n) is 2.77. The van der Waals surface area contributed by atoms with Crippen molar-refractivity contribution < 1.29 is 4.79 Å². The average molecular weight is 287 g/mol. The average Bonchev–Trinajstić information content (AvgIpc) is 1.96. The number of nitrogens with one attached hydrogen (secondary N) is 1. The van der Waals surface area contributed by atoms with E-state index < -0.39 is 0 Å². The Hall–Kier alpha value is 0.590. The number of alkyl halides is 1. The molecule has 66 valence electrons. The lowest BCUT2D eigenvalue weighted by Gasteiger charge is -2.09. The fraction of sp³-hybridized carbons (Fsp3) is 0.857. The third-order valence-corrected chi connectivity index (χ3v) is 2.66. The first-order valence-corrected chi connectivity index (χ1v) is 4.52. The van der Waals surface area contributed by atoms with Crippen LogP contribution in [0.15, 0.2) is 0 Å². The minimum atomic E-state index is 0. The fourth-order valence-electron chi connectivity index (χ4n) is 1.12. The zero-order valence-electron chi connectivity index (χ0n) is 6.47. The standard InChI is InChI=1S/C7H12BrNO.BrH/c1-5-4-6(8)7(10)2-3-9-5;/h5-6,9H,2-4H2,1H3;1H. The Morgan fingerprint density at radius 1 is 1.64 bits per heavy atom. The predicted octanol–water partition coefficient (Wildman–Crippen LogP) is 1.67. The van der Waals surface area contributed by atoms with Gasteiger partial charge in [0.2, 0.25) is 0 Å². The molecule has 2 atom stereocenters. The highest BCUT2D eigenvalue weighted by Gasteiger charge is 2.20. The van der Waals surface area contributed by atoms with Crippen molar-refractivity contribution in [3.8, 4) is 0 Å². The van der Waals surface area contributed by atoms with E-state index in [1.807, 2.05) is 0 Å². The van der Waals surface area contributed by atoms with E-state index in [9.17, 15) is 4.79 Å². The molecule has 0 aromatic carbocycles. The second kappa shape index (κ2) is 5.27. The molecule has 4 heteroatoms. The Balaban J connectivity index is 0.000001000. The first kappa shape index (κ1) is 11.6. The molecule has 0 aromatic heterocycles. The summed E-state index contributed by atoms with van der Waals surface area (Å²) < 4.78 is 0. The lowest BCUT2D eigenvalue weighted by Crippen LogP contribution is -2.25. The third-order valence-electron chi connectivity index (χ3n) is 1.77. The van der Waals surface area contributed by atoms with Gasteiger partial charge in [-0.25, -0.2) is 0 Å². The molecular formula is C7H13Br2NO. The monoisotopic (exact) mass is 285 g/mol. The fourth-order valence-corrected chi connectivity index (χ4v) is 1.91. The van der Waals surface area contributed by atoms with Crippen molar-refractivity contribution >= 4 is 38.7 Å². The summed E-state index contributed by atoms with van der Waals surface area (Å²) in [5.74, 6) is 0.330. The first-order valence-electron chi connectivity index (χ1n) is 3.60. The topological polar surface area (TPSA) is 29.1 Å². The molecule has 0 aromatic rings. The summed E-state index contributed by atoms with van der Waals surface area (Å²) in [5.41, 5.74) is 0. The van der Waals surface area contributed by atoms with Gasteiger partial charge in [-0.1, -0.05) is 15.9 Å². The van der Waals surface area contributed by atoms with E-state index in [0.29, 0.717) is 18.2 Å². The highest BCUT2D eigenvalue weighted by Crippen LogP contribution is 2.13. The Kier molecular flexibility index (Phi) is 5.56. The molecule has 1 rings (SSSR count). The summed E-state index contributed by atoms with van der Waals surface area (Å²) in [7, 11) is 0. The van der Waals surface area contributed by atoms with Gasteiger partial charge in [-0.3, -0.25) is 4.79 Å². The minimum absolute atomic E-state index is 0. The van der Waals surface area contributed by atoms with Crippen LogP contribution in [0.4, 0.5) is 0 Å². The molecule has 0 amide bonds. The highest BCUT2D eigenvalue weighted by atomic mass is 79.9. The number of hydrogen-bond donors (Lipinski definition) is 1. The Labute approximate surface area is 86.0 Å². The molecule has 1 N–H and O–H groups in total. The summed E-state index contributed by atoms with van der Waals surface area (Å²) >= 11 is 3.35. The van der Waals surface area contributed by atoms with E-state index in [1.54, 1.807) is 0 Å². The van der Waals surface area contributed by atoms with Gasteiger partial charge >= 0.3 is 0 Å². The maximum atomic E-state index is 11.1. The van der Waals surface area contributed by atoms with E-state index in [1.165, 1.54) is 0 Å². The molecule has 1 aliphatic heterocycles. The third kappa shape index (κ3) is 3.67. The molecule has 0 bridgehead atoms. The maximum Gasteiger partial charge on any atom is 0.147 e. The summed E-state index contributed by atoms with van der Waals surface area (Å²) in [6, 6.07) is 0.468. The number of hydrogen-bond acceptors (Lipinski definition) is 2. The molecule has 0 spiro atoms. The Bertz CT molecular complexity index is 140. The lowest BCUT2D eigenvalue weighted by molar-refractivity contribution is -0.118. The van der Waals surface area contributed by atoms with E-state index >= 15 is 0 Å². The number of carbonyl (C=O) groups excluding carboxylic acids is 1. The quantitative estimate of drug-likeness (QED) is 0.687. The van der Waals surface area contributed by atoms with Gasteiger partial charge in [-0.15, -0.1) is 17.0 Å². The van der Waals surface area contributed by atoms with Crippen LogP contribution in [0.1, 0.15) is 19.8 Å². The van der Waals surface area contributed by atoms with Gasteiger partial charge in [-0.2, -0.15) is 0 Å². The maximum absolute atomic E-state index is 11.1. The molecular weight excluding hydrogens is 274 g/mol. The lowest BCUT2D eigenvalue weighted by atomic mass is 10.1. The van der Waals surface area contributed by atoms with Gasteiger partial charge in [-0.05, 0) is 13.3 Å². The summed E-state index contributed by atoms with van der Waals surface area (Å²) in [6.45, 7) is 2.94. The molecule has 0 aliphatic carbocycles. The predicted molar refractivity (Wildman–Crippen MR) is 54.7 cm³/mol. The number of rotatable bonds is 0. The molecule has 1 fully saturated rings. The molecule has 1 aliphatic rings. The molecule has 1 heterocycles. The largest absolute Gasteiger partial charge is 0.314 e. The van der Waals surface area contributed by atoms with Gasteiger partial charge in [0.15, 0.2) is 0 Å². The van der Waals surface area contributed by atoms with Crippen molar-refractivity contribution in [3.63, 3.8) is 0 Å². The molecule has 2 nitrogen and oxygen atoms in total. The summed E-state index contributed by atoms with van der Waals surface area (Å²) in [5, 5.41) is 3.25. The second-order valence-corrected chi connectivity index (χ2v) is 3.88. The normalized spacial score (nSPS) is 32.4. The van der Waals surface area contributed by atoms with Crippen molar-refractivity contribution in [1.29, 1.82) is 0 Å². The number of Topliss-reactive ketones (excluding diaryl/α,β-unsaturated/α-hetero) is 1. The van der Waals surface area contributed by atoms with Gasteiger partial charge in [0, 0.05) is 19.0 Å². The zero-order chi connectivity index (χ0) is 7.56. The first-order chi connectivity index (χ1) is 4.70. The van der Waals surface area contributed by atoms with Crippen molar-refractivity contribution in [3.05, 3.63) is 0 Å². The van der Waals surface area contributed by atoms with Crippen LogP contribution in [0.5, 0.6) is 0 Å². The van der Waals surface area contributed by atoms with Crippen LogP contribution in [-0.4, -0.2) is 23.2 Å². The van der Waals surface area contributed by atoms with Crippen LogP contribution in [0, 0.1) is 0 Å². The molecule has 2 unspecified atom stereocenters. The summed E-state index contributed by atoms with van der Waals surface area (Å²) in [4.78, 5) is 11.2. The van der Waals surface area contributed by atoms with Crippen molar-refractivity contribution in [1.82, 2.24) is 5.32 Å². The van der Waals surface area contributed by atoms with E-state index in [2.05, 4.69) is 28.2 Å². The smallest absolute Gasteiger partial charge is 0.147 e. The van der Waals surface area contributed by atoms with Crippen molar-refractivity contribution in [2.75, 3.05) is 6.54 Å².